The SMILES string of the molecule is CCOC(=O)Nc1ccc(NC(C)C(=O)N2CCc3sccc3C2)cc1. The van der Waals surface area contributed by atoms with Gasteiger partial charge in [0.1, 0.15) is 6.04 Å². The maximum atomic E-state index is 12.7. The van der Waals surface area contributed by atoms with E-state index in [-0.39, 0.29) is 11.9 Å². The molecule has 0 saturated heterocycles. The van der Waals surface area contributed by atoms with E-state index in [1.165, 1.54) is 10.4 Å². The van der Waals surface area contributed by atoms with E-state index in [0.717, 1.165) is 18.7 Å². The first-order valence-corrected chi connectivity index (χ1v) is 9.59. The van der Waals surface area contributed by atoms with E-state index in [0.29, 0.717) is 18.8 Å². The summed E-state index contributed by atoms with van der Waals surface area (Å²) in [4.78, 5) is 27.4. The molecule has 2 amide bonds. The molecule has 0 radical (unpaired) electrons. The van der Waals surface area contributed by atoms with Crippen molar-refractivity contribution in [3.8, 4) is 0 Å². The largest absolute Gasteiger partial charge is 0.450 e. The average Bonchev–Trinajstić information content (AvgIpc) is 3.10. The smallest absolute Gasteiger partial charge is 0.411 e. The summed E-state index contributed by atoms with van der Waals surface area (Å²) in [5, 5.41) is 7.96. The zero-order valence-electron chi connectivity index (χ0n) is 15.0. The summed E-state index contributed by atoms with van der Waals surface area (Å²) >= 11 is 1.77. The number of benzene rings is 1. The third kappa shape index (κ3) is 4.35. The summed E-state index contributed by atoms with van der Waals surface area (Å²) in [6.07, 6.45) is 0.453. The molecule has 0 bridgehead atoms. The van der Waals surface area contributed by atoms with E-state index >= 15 is 0 Å². The highest BCUT2D eigenvalue weighted by Gasteiger charge is 2.25. The molecule has 1 aliphatic rings. The van der Waals surface area contributed by atoms with Gasteiger partial charge in [0.05, 0.1) is 6.61 Å². The van der Waals surface area contributed by atoms with Crippen LogP contribution in [-0.4, -0.2) is 36.1 Å². The Hall–Kier alpha value is -2.54. The van der Waals surface area contributed by atoms with Crippen LogP contribution in [0.3, 0.4) is 0 Å². The van der Waals surface area contributed by atoms with Crippen molar-refractivity contribution in [3.05, 3.63) is 46.2 Å². The molecule has 26 heavy (non-hydrogen) atoms. The lowest BCUT2D eigenvalue weighted by molar-refractivity contribution is -0.132. The van der Waals surface area contributed by atoms with Crippen LogP contribution in [-0.2, 0) is 22.5 Å². The average molecular weight is 373 g/mol. The molecule has 1 aliphatic heterocycles. The second kappa shape index (κ2) is 8.23. The van der Waals surface area contributed by atoms with Gasteiger partial charge in [-0.2, -0.15) is 0 Å². The number of ether oxygens (including phenoxy) is 1. The maximum Gasteiger partial charge on any atom is 0.411 e. The van der Waals surface area contributed by atoms with Gasteiger partial charge in [0.15, 0.2) is 0 Å². The monoisotopic (exact) mass is 373 g/mol. The predicted octanol–water partition coefficient (Wildman–Crippen LogP) is 3.70. The fourth-order valence-electron chi connectivity index (χ4n) is 2.96. The molecule has 2 aromatic rings. The lowest BCUT2D eigenvalue weighted by atomic mass is 10.1. The number of hydrogen-bond donors (Lipinski definition) is 2. The van der Waals surface area contributed by atoms with Crippen molar-refractivity contribution in [1.82, 2.24) is 4.90 Å². The molecule has 0 fully saturated rings. The topological polar surface area (TPSA) is 70.7 Å². The van der Waals surface area contributed by atoms with Crippen molar-refractivity contribution in [1.29, 1.82) is 0 Å². The highest BCUT2D eigenvalue weighted by Crippen LogP contribution is 2.24. The van der Waals surface area contributed by atoms with Gasteiger partial charge in [-0.15, -0.1) is 11.3 Å². The Morgan fingerprint density at radius 2 is 1.96 bits per heavy atom. The molecule has 1 aromatic carbocycles. The van der Waals surface area contributed by atoms with E-state index in [9.17, 15) is 9.59 Å². The Morgan fingerprint density at radius 3 is 2.69 bits per heavy atom. The summed E-state index contributed by atoms with van der Waals surface area (Å²) in [6.45, 7) is 5.41. The van der Waals surface area contributed by atoms with Crippen molar-refractivity contribution in [2.24, 2.45) is 0 Å². The number of rotatable bonds is 5. The van der Waals surface area contributed by atoms with Gasteiger partial charge in [-0.1, -0.05) is 0 Å². The number of anilines is 2. The minimum absolute atomic E-state index is 0.0931. The van der Waals surface area contributed by atoms with Gasteiger partial charge in [-0.25, -0.2) is 4.79 Å². The Labute approximate surface area is 157 Å². The second-order valence-electron chi connectivity index (χ2n) is 6.17. The number of hydrogen-bond acceptors (Lipinski definition) is 5. The van der Waals surface area contributed by atoms with Gasteiger partial charge >= 0.3 is 6.09 Å². The Kier molecular flexibility index (Phi) is 5.78. The van der Waals surface area contributed by atoms with Crippen LogP contribution in [0, 0.1) is 0 Å². The summed E-state index contributed by atoms with van der Waals surface area (Å²) in [6, 6.07) is 8.99. The van der Waals surface area contributed by atoms with Crippen molar-refractivity contribution >= 4 is 34.7 Å². The predicted molar refractivity (Wildman–Crippen MR) is 104 cm³/mol. The van der Waals surface area contributed by atoms with Gasteiger partial charge in [0.2, 0.25) is 5.91 Å². The molecular weight excluding hydrogens is 350 g/mol. The number of carbonyl (C=O) groups excluding carboxylic acids is 2. The molecule has 0 aliphatic carbocycles. The lowest BCUT2D eigenvalue weighted by Crippen LogP contribution is -2.43. The van der Waals surface area contributed by atoms with Gasteiger partial charge in [-0.05, 0) is 61.5 Å². The first-order chi connectivity index (χ1) is 12.6. The van der Waals surface area contributed by atoms with E-state index in [2.05, 4.69) is 22.1 Å². The maximum absolute atomic E-state index is 12.7. The van der Waals surface area contributed by atoms with Crippen molar-refractivity contribution in [2.75, 3.05) is 23.8 Å². The minimum Gasteiger partial charge on any atom is -0.450 e. The second-order valence-corrected chi connectivity index (χ2v) is 7.17. The number of thiophene rings is 1. The van der Waals surface area contributed by atoms with Gasteiger partial charge in [-0.3, -0.25) is 10.1 Å². The van der Waals surface area contributed by atoms with Gasteiger partial charge < -0.3 is 15.0 Å². The number of carbonyl (C=O) groups is 2. The minimum atomic E-state index is -0.477. The van der Waals surface area contributed by atoms with Crippen LogP contribution in [0.15, 0.2) is 35.7 Å². The van der Waals surface area contributed by atoms with Crippen LogP contribution in [0.4, 0.5) is 16.2 Å². The van der Waals surface area contributed by atoms with Crippen molar-refractivity contribution in [2.45, 2.75) is 32.9 Å². The zero-order chi connectivity index (χ0) is 18.5. The standard InChI is InChI=1S/C19H23N3O3S/c1-3-25-19(24)21-16-6-4-15(5-7-16)20-13(2)18(23)22-10-8-17-14(12-22)9-11-26-17/h4-7,9,11,13,20H,3,8,10,12H2,1-2H3,(H,21,24). The van der Waals surface area contributed by atoms with Gasteiger partial charge in [0.25, 0.3) is 0 Å². The van der Waals surface area contributed by atoms with Crippen LogP contribution >= 0.6 is 11.3 Å². The van der Waals surface area contributed by atoms with Crippen LogP contribution in [0.5, 0.6) is 0 Å². The molecule has 6 nitrogen and oxygen atoms in total. The Morgan fingerprint density at radius 1 is 1.23 bits per heavy atom. The molecule has 2 heterocycles. The molecule has 7 heteroatoms. The normalized spacial score (nSPS) is 14.3. The molecule has 0 saturated carbocycles. The highest BCUT2D eigenvalue weighted by atomic mass is 32.1. The zero-order valence-corrected chi connectivity index (χ0v) is 15.8. The number of nitrogens with one attached hydrogen (secondary N) is 2. The first-order valence-electron chi connectivity index (χ1n) is 8.71. The van der Waals surface area contributed by atoms with Crippen LogP contribution in [0.25, 0.3) is 0 Å². The number of fused-ring (bicyclic) bond motifs is 1. The quantitative estimate of drug-likeness (QED) is 0.838. The van der Waals surface area contributed by atoms with Crippen molar-refractivity contribution < 1.29 is 14.3 Å². The highest BCUT2D eigenvalue weighted by molar-refractivity contribution is 7.10. The third-order valence-electron chi connectivity index (χ3n) is 4.28. The molecule has 0 spiro atoms. The van der Waals surface area contributed by atoms with E-state index in [1.807, 2.05) is 24.0 Å². The summed E-state index contributed by atoms with van der Waals surface area (Å²) in [5.74, 6) is 0.0931. The molecule has 1 atom stereocenters. The van der Waals surface area contributed by atoms with Crippen LogP contribution < -0.4 is 10.6 Å². The molecule has 3 rings (SSSR count). The third-order valence-corrected chi connectivity index (χ3v) is 5.30. The summed E-state index contributed by atoms with van der Waals surface area (Å²) in [7, 11) is 0. The summed E-state index contributed by atoms with van der Waals surface area (Å²) < 4.78 is 4.84. The van der Waals surface area contributed by atoms with Crippen molar-refractivity contribution in [3.63, 3.8) is 0 Å². The number of amides is 2. The van der Waals surface area contributed by atoms with E-state index in [4.69, 9.17) is 4.74 Å². The molecular formula is C19H23N3O3S. The summed E-state index contributed by atoms with van der Waals surface area (Å²) in [5.41, 5.74) is 2.73. The Bertz CT molecular complexity index is 773. The fourth-order valence-corrected chi connectivity index (χ4v) is 3.85. The molecule has 1 aromatic heterocycles. The number of nitrogens with zero attached hydrogens (tertiary/aromatic N) is 1. The fraction of sp³-hybridized carbons (Fsp3) is 0.368. The Balaban J connectivity index is 1.55. The first kappa shape index (κ1) is 18.3. The van der Waals surface area contributed by atoms with Crippen LogP contribution in [0.1, 0.15) is 24.3 Å². The van der Waals surface area contributed by atoms with E-state index < -0.39 is 6.09 Å². The molecule has 2 N–H and O–H groups in total. The molecule has 138 valence electrons. The van der Waals surface area contributed by atoms with Crippen LogP contribution in [0.2, 0.25) is 0 Å². The molecule has 1 unspecified atom stereocenters. The van der Waals surface area contributed by atoms with E-state index in [1.54, 1.807) is 30.4 Å². The van der Waals surface area contributed by atoms with Gasteiger partial charge in [0, 0.05) is 29.3 Å². The lowest BCUT2D eigenvalue weighted by Gasteiger charge is -2.30.